The van der Waals surface area contributed by atoms with Crippen LogP contribution in [0.3, 0.4) is 0 Å². The monoisotopic (exact) mass is 396 g/mol. The zero-order valence-corrected chi connectivity index (χ0v) is 16.9. The van der Waals surface area contributed by atoms with Crippen molar-refractivity contribution in [3.63, 3.8) is 0 Å². The van der Waals surface area contributed by atoms with Gasteiger partial charge in [-0.3, -0.25) is 4.79 Å². The van der Waals surface area contributed by atoms with E-state index in [4.69, 9.17) is 4.74 Å². The summed E-state index contributed by atoms with van der Waals surface area (Å²) in [4.78, 5) is 25.8. The number of hydrogen-bond donors (Lipinski definition) is 2. The fourth-order valence-corrected chi connectivity index (χ4v) is 2.89. The lowest BCUT2D eigenvalue weighted by Crippen LogP contribution is -2.31. The Bertz CT molecular complexity index is 1040. The van der Waals surface area contributed by atoms with E-state index in [0.29, 0.717) is 35.6 Å². The van der Waals surface area contributed by atoms with Gasteiger partial charge >= 0.3 is 6.03 Å². The first kappa shape index (κ1) is 20.1. The molecule has 0 spiro atoms. The number of hydrogen-bond acceptors (Lipinski definition) is 5. The molecule has 1 heterocycles. The Labute approximate surface area is 168 Å². The van der Waals surface area contributed by atoms with Crippen LogP contribution >= 0.6 is 0 Å². The highest BCUT2D eigenvalue weighted by Gasteiger charge is 2.12. The van der Waals surface area contributed by atoms with Crippen LogP contribution in [0.15, 0.2) is 36.4 Å². The number of methoxy groups -OCH3 is 1. The van der Waals surface area contributed by atoms with E-state index in [2.05, 4.69) is 20.9 Å². The van der Waals surface area contributed by atoms with Gasteiger partial charge in [0.1, 0.15) is 11.3 Å². The van der Waals surface area contributed by atoms with Crippen molar-refractivity contribution in [2.45, 2.75) is 13.5 Å². The van der Waals surface area contributed by atoms with Gasteiger partial charge in [-0.2, -0.15) is 0 Å². The van der Waals surface area contributed by atoms with Gasteiger partial charge < -0.3 is 20.3 Å². The van der Waals surface area contributed by atoms with Crippen molar-refractivity contribution >= 4 is 28.7 Å². The summed E-state index contributed by atoms with van der Waals surface area (Å²) in [6.07, 6.45) is 0. The van der Waals surface area contributed by atoms with Crippen molar-refractivity contribution in [2.24, 2.45) is 0 Å². The molecule has 3 amide bonds. The fraction of sp³-hybridized carbons (Fsp3) is 0.300. The molecule has 29 heavy (non-hydrogen) atoms. The third kappa shape index (κ3) is 4.63. The van der Waals surface area contributed by atoms with Gasteiger partial charge in [0.05, 0.1) is 24.9 Å². The van der Waals surface area contributed by atoms with Gasteiger partial charge in [-0.15, -0.1) is 5.10 Å². The minimum absolute atomic E-state index is 0.0913. The predicted molar refractivity (Wildman–Crippen MR) is 110 cm³/mol. The Balaban J connectivity index is 1.60. The molecule has 3 aromatic rings. The number of ether oxygens (including phenoxy) is 1. The first-order valence-electron chi connectivity index (χ1n) is 9.13. The molecule has 9 nitrogen and oxygen atoms in total. The molecule has 0 aliphatic heterocycles. The number of nitrogens with zero attached hydrogens (tertiary/aromatic N) is 4. The number of anilines is 1. The first-order chi connectivity index (χ1) is 13.9. The van der Waals surface area contributed by atoms with Crippen molar-refractivity contribution in [3.05, 3.63) is 47.5 Å². The van der Waals surface area contributed by atoms with E-state index in [1.54, 1.807) is 38.0 Å². The molecule has 152 valence electrons. The number of fused-ring (bicyclic) bond motifs is 1. The van der Waals surface area contributed by atoms with E-state index in [-0.39, 0.29) is 11.9 Å². The molecule has 9 heteroatoms. The first-order valence-corrected chi connectivity index (χ1v) is 9.13. The summed E-state index contributed by atoms with van der Waals surface area (Å²) >= 11 is 0. The molecule has 2 N–H and O–H groups in total. The Morgan fingerprint density at radius 2 is 1.97 bits per heavy atom. The van der Waals surface area contributed by atoms with Gasteiger partial charge in [0.2, 0.25) is 0 Å². The number of carbonyl (C=O) groups is 2. The number of rotatable bonds is 6. The van der Waals surface area contributed by atoms with E-state index < -0.39 is 0 Å². The molecule has 0 bridgehead atoms. The Morgan fingerprint density at radius 3 is 2.69 bits per heavy atom. The number of carbonyl (C=O) groups excluding carboxylic acids is 2. The van der Waals surface area contributed by atoms with Gasteiger partial charge in [0.15, 0.2) is 0 Å². The van der Waals surface area contributed by atoms with Gasteiger partial charge in [0.25, 0.3) is 5.91 Å². The summed E-state index contributed by atoms with van der Waals surface area (Å²) in [7, 11) is 4.96. The third-order valence-electron chi connectivity index (χ3n) is 4.38. The van der Waals surface area contributed by atoms with Crippen LogP contribution in [-0.4, -0.2) is 59.6 Å². The minimum atomic E-state index is -0.336. The molecule has 1 aromatic heterocycles. The third-order valence-corrected chi connectivity index (χ3v) is 4.38. The lowest BCUT2D eigenvalue weighted by Gasteiger charge is -2.12. The zero-order valence-electron chi connectivity index (χ0n) is 16.9. The second-order valence-corrected chi connectivity index (χ2v) is 6.80. The number of amides is 3. The maximum absolute atomic E-state index is 12.2. The van der Waals surface area contributed by atoms with E-state index in [0.717, 1.165) is 11.1 Å². The summed E-state index contributed by atoms with van der Waals surface area (Å²) in [5, 5.41) is 13.8. The van der Waals surface area contributed by atoms with Crippen molar-refractivity contribution in [1.82, 2.24) is 25.2 Å². The highest BCUT2D eigenvalue weighted by atomic mass is 16.5. The van der Waals surface area contributed by atoms with Gasteiger partial charge in [0, 0.05) is 26.2 Å². The lowest BCUT2D eigenvalue weighted by molar-refractivity contribution is 0.0827. The van der Waals surface area contributed by atoms with Crippen LogP contribution in [-0.2, 0) is 6.54 Å². The van der Waals surface area contributed by atoms with E-state index in [9.17, 15) is 9.59 Å². The second kappa shape index (κ2) is 8.59. The number of aromatic nitrogens is 3. The zero-order chi connectivity index (χ0) is 21.0. The SMILES string of the molecule is COc1ccc(C)cc1NC(=O)NCCn1nnc2cc(C(=O)N(C)C)ccc21. The van der Waals surface area contributed by atoms with Gasteiger partial charge in [-0.1, -0.05) is 11.3 Å². The standard InChI is InChI=1S/C20H24N6O3/c1-13-5-8-18(29-4)16(11-13)22-20(28)21-9-10-26-17-7-6-14(19(27)25(2)3)12-15(17)23-24-26/h5-8,11-12H,9-10H2,1-4H3,(H2,21,22,28). The fourth-order valence-electron chi connectivity index (χ4n) is 2.89. The molecular formula is C20H24N6O3. The number of nitrogens with one attached hydrogen (secondary N) is 2. The normalized spacial score (nSPS) is 10.6. The molecule has 0 aliphatic rings. The van der Waals surface area contributed by atoms with E-state index in [1.807, 2.05) is 31.2 Å². The smallest absolute Gasteiger partial charge is 0.319 e. The van der Waals surface area contributed by atoms with Gasteiger partial charge in [-0.25, -0.2) is 9.48 Å². The van der Waals surface area contributed by atoms with Crippen molar-refractivity contribution < 1.29 is 14.3 Å². The average molecular weight is 396 g/mol. The topological polar surface area (TPSA) is 101 Å². The van der Waals surface area contributed by atoms with Gasteiger partial charge in [-0.05, 0) is 42.8 Å². The largest absolute Gasteiger partial charge is 0.495 e. The predicted octanol–water partition coefficient (Wildman–Crippen LogP) is 2.27. The number of aryl methyl sites for hydroxylation is 1. The molecule has 0 radical (unpaired) electrons. The van der Waals surface area contributed by atoms with Crippen LogP contribution in [0.1, 0.15) is 15.9 Å². The minimum Gasteiger partial charge on any atom is -0.495 e. The van der Waals surface area contributed by atoms with Crippen LogP contribution in [0.25, 0.3) is 11.0 Å². The highest BCUT2D eigenvalue weighted by Crippen LogP contribution is 2.24. The Morgan fingerprint density at radius 1 is 1.17 bits per heavy atom. The van der Waals surface area contributed by atoms with E-state index >= 15 is 0 Å². The van der Waals surface area contributed by atoms with Crippen molar-refractivity contribution in [3.8, 4) is 5.75 Å². The summed E-state index contributed by atoms with van der Waals surface area (Å²) in [5.74, 6) is 0.502. The maximum Gasteiger partial charge on any atom is 0.319 e. The van der Waals surface area contributed by atoms with Crippen LogP contribution in [0, 0.1) is 6.92 Å². The Kier molecular flexibility index (Phi) is 5.96. The van der Waals surface area contributed by atoms with Crippen LogP contribution in [0.2, 0.25) is 0 Å². The van der Waals surface area contributed by atoms with E-state index in [1.165, 1.54) is 4.90 Å². The molecule has 2 aromatic carbocycles. The molecule has 3 rings (SSSR count). The molecule has 0 fully saturated rings. The van der Waals surface area contributed by atoms with Crippen LogP contribution in [0.5, 0.6) is 5.75 Å². The summed E-state index contributed by atoms with van der Waals surface area (Å²) in [6, 6.07) is 10.5. The molecule has 0 aliphatic carbocycles. The summed E-state index contributed by atoms with van der Waals surface area (Å²) in [6.45, 7) is 2.74. The molecular weight excluding hydrogens is 372 g/mol. The number of urea groups is 1. The molecule has 0 atom stereocenters. The molecule has 0 unspecified atom stereocenters. The Hall–Kier alpha value is -3.62. The summed E-state index contributed by atoms with van der Waals surface area (Å²) < 4.78 is 6.95. The van der Waals surface area contributed by atoms with Crippen LogP contribution in [0.4, 0.5) is 10.5 Å². The maximum atomic E-state index is 12.2. The van der Waals surface area contributed by atoms with Crippen molar-refractivity contribution in [2.75, 3.05) is 33.1 Å². The van der Waals surface area contributed by atoms with Crippen molar-refractivity contribution in [1.29, 1.82) is 0 Å². The van der Waals surface area contributed by atoms with Crippen LogP contribution < -0.4 is 15.4 Å². The molecule has 0 saturated carbocycles. The summed E-state index contributed by atoms with van der Waals surface area (Å²) in [5.41, 5.74) is 3.60. The number of benzene rings is 2. The quantitative estimate of drug-likeness (QED) is 0.666. The lowest BCUT2D eigenvalue weighted by atomic mass is 10.2. The second-order valence-electron chi connectivity index (χ2n) is 6.80. The average Bonchev–Trinajstić information content (AvgIpc) is 3.09. The highest BCUT2D eigenvalue weighted by molar-refractivity contribution is 5.97. The molecule has 0 saturated heterocycles.